The van der Waals surface area contributed by atoms with Crippen molar-refractivity contribution in [2.45, 2.75) is 13.1 Å². The topological polar surface area (TPSA) is 139 Å². The Labute approximate surface area is 240 Å². The third kappa shape index (κ3) is 5.98. The van der Waals surface area contributed by atoms with E-state index in [-0.39, 0.29) is 39.9 Å². The van der Waals surface area contributed by atoms with Gasteiger partial charge in [-0.25, -0.2) is 9.59 Å². The molecule has 0 aliphatic rings. The molecule has 4 rings (SSSR count). The summed E-state index contributed by atoms with van der Waals surface area (Å²) in [4.78, 5) is 64.2. The SMILES string of the molecule is COC(=O)C(=O)Cn1c(C(=O)OC)ccc(-c2cc(NCc3ccc(Cl)s3)n(C(=O)c3ccccc3Cl)n2)c1=O. The normalized spacial score (nSPS) is 10.7. The lowest BCUT2D eigenvalue weighted by atomic mass is 10.1. The number of nitrogens with zero attached hydrogens (tertiary/aromatic N) is 3. The Morgan fingerprint density at radius 1 is 1.00 bits per heavy atom. The van der Waals surface area contributed by atoms with E-state index in [0.717, 1.165) is 28.3 Å². The van der Waals surface area contributed by atoms with Gasteiger partial charge in [0.1, 0.15) is 17.2 Å². The molecule has 11 nitrogen and oxygen atoms in total. The number of anilines is 1. The fourth-order valence-corrected chi connectivity index (χ4v) is 4.95. The number of nitrogens with one attached hydrogen (secondary N) is 1. The average Bonchev–Trinajstić information content (AvgIpc) is 3.57. The molecule has 0 spiro atoms. The van der Waals surface area contributed by atoms with Crippen LogP contribution in [0.2, 0.25) is 9.36 Å². The summed E-state index contributed by atoms with van der Waals surface area (Å²) in [6.07, 6.45) is 0. The summed E-state index contributed by atoms with van der Waals surface area (Å²) >= 11 is 13.6. The van der Waals surface area contributed by atoms with Gasteiger partial charge >= 0.3 is 11.9 Å². The maximum absolute atomic E-state index is 13.5. The van der Waals surface area contributed by atoms with Crippen molar-refractivity contribution in [2.24, 2.45) is 0 Å². The van der Waals surface area contributed by atoms with E-state index >= 15 is 0 Å². The highest BCUT2D eigenvalue weighted by molar-refractivity contribution is 7.16. The first kappa shape index (κ1) is 28.7. The zero-order valence-corrected chi connectivity index (χ0v) is 23.3. The van der Waals surface area contributed by atoms with Crippen LogP contribution in [-0.2, 0) is 32.2 Å². The van der Waals surface area contributed by atoms with E-state index in [1.54, 1.807) is 24.3 Å². The van der Waals surface area contributed by atoms with E-state index in [1.807, 2.05) is 6.07 Å². The molecule has 4 aromatic rings. The summed E-state index contributed by atoms with van der Waals surface area (Å²) in [5, 5.41) is 7.68. The fourth-order valence-electron chi connectivity index (χ4n) is 3.70. The van der Waals surface area contributed by atoms with Crippen molar-refractivity contribution >= 4 is 64.0 Å². The number of thiophene rings is 1. The molecule has 0 saturated carbocycles. The molecule has 0 atom stereocenters. The molecule has 3 heterocycles. The number of halogens is 2. The zero-order chi connectivity index (χ0) is 29.0. The molecule has 0 aliphatic heterocycles. The third-order valence-electron chi connectivity index (χ3n) is 5.64. The van der Waals surface area contributed by atoms with E-state index in [9.17, 15) is 24.0 Å². The molecule has 0 amide bonds. The Bertz CT molecular complexity index is 1690. The van der Waals surface area contributed by atoms with Gasteiger partial charge in [-0.15, -0.1) is 11.3 Å². The highest BCUT2D eigenvalue weighted by Crippen LogP contribution is 2.26. The molecule has 14 heteroatoms. The highest BCUT2D eigenvalue weighted by Gasteiger charge is 2.25. The standard InChI is InChI=1S/C26H20Cl2N4O7S/c1-38-25(36)19-9-8-16(23(34)31(19)13-20(33)26(37)39-2)18-11-22(29-12-14-7-10-21(28)40-14)32(30-18)24(35)15-5-3-4-6-17(15)27/h3-11,29H,12-13H2,1-2H3. The highest BCUT2D eigenvalue weighted by atomic mass is 35.5. The number of pyridine rings is 1. The Balaban J connectivity index is 1.82. The number of ether oxygens (including phenoxy) is 2. The van der Waals surface area contributed by atoms with Crippen LogP contribution in [0.1, 0.15) is 25.7 Å². The molecule has 0 bridgehead atoms. The van der Waals surface area contributed by atoms with Gasteiger partial charge in [-0.2, -0.15) is 9.78 Å². The van der Waals surface area contributed by atoms with Crippen LogP contribution >= 0.6 is 34.5 Å². The molecule has 3 aromatic heterocycles. The monoisotopic (exact) mass is 602 g/mol. The maximum atomic E-state index is 13.5. The minimum Gasteiger partial charge on any atom is -0.464 e. The number of methoxy groups -OCH3 is 2. The van der Waals surface area contributed by atoms with Crippen LogP contribution in [0, 0.1) is 0 Å². The van der Waals surface area contributed by atoms with Gasteiger partial charge in [-0.05, 0) is 36.4 Å². The number of aromatic nitrogens is 3. The Morgan fingerprint density at radius 3 is 2.40 bits per heavy atom. The van der Waals surface area contributed by atoms with Crippen molar-refractivity contribution in [3.63, 3.8) is 0 Å². The number of benzene rings is 1. The number of hydrogen-bond acceptors (Lipinski definition) is 10. The molecular weight excluding hydrogens is 583 g/mol. The quantitative estimate of drug-likeness (QED) is 0.223. The van der Waals surface area contributed by atoms with Crippen molar-refractivity contribution in [2.75, 3.05) is 19.5 Å². The van der Waals surface area contributed by atoms with Crippen molar-refractivity contribution < 1.29 is 28.7 Å². The minimum absolute atomic E-state index is 0.0489. The van der Waals surface area contributed by atoms with Crippen molar-refractivity contribution in [1.82, 2.24) is 14.3 Å². The number of ketones is 1. The van der Waals surface area contributed by atoms with E-state index < -0.39 is 35.7 Å². The Morgan fingerprint density at radius 2 is 1.75 bits per heavy atom. The van der Waals surface area contributed by atoms with Crippen LogP contribution in [-0.4, -0.2) is 52.2 Å². The second-order valence-electron chi connectivity index (χ2n) is 8.10. The van der Waals surface area contributed by atoms with Crippen LogP contribution in [0.5, 0.6) is 0 Å². The number of esters is 2. The maximum Gasteiger partial charge on any atom is 0.376 e. The van der Waals surface area contributed by atoms with E-state index in [1.165, 1.54) is 35.6 Å². The van der Waals surface area contributed by atoms with Gasteiger partial charge in [0.2, 0.25) is 0 Å². The number of rotatable bonds is 9. The van der Waals surface area contributed by atoms with Gasteiger partial charge in [0.05, 0.1) is 47.8 Å². The number of carbonyl (C=O) groups excluding carboxylic acids is 4. The molecule has 0 radical (unpaired) electrons. The fraction of sp³-hybridized carbons (Fsp3) is 0.154. The third-order valence-corrected chi connectivity index (χ3v) is 7.20. The first-order valence-corrected chi connectivity index (χ1v) is 13.0. The second kappa shape index (κ2) is 12.3. The molecular formula is C26H20Cl2N4O7S. The number of Topliss-reactive ketones (excluding diaryl/α,β-unsaturated/α-hetero) is 1. The second-order valence-corrected chi connectivity index (χ2v) is 10.3. The van der Waals surface area contributed by atoms with Crippen LogP contribution in [0.3, 0.4) is 0 Å². The molecule has 40 heavy (non-hydrogen) atoms. The Kier molecular flexibility index (Phi) is 8.83. The van der Waals surface area contributed by atoms with Crippen molar-refractivity contribution in [3.8, 4) is 11.3 Å². The lowest BCUT2D eigenvalue weighted by Gasteiger charge is -2.11. The molecule has 1 N–H and O–H groups in total. The van der Waals surface area contributed by atoms with Crippen molar-refractivity contribution in [3.05, 3.63) is 90.4 Å². The summed E-state index contributed by atoms with van der Waals surface area (Å²) in [7, 11) is 2.12. The van der Waals surface area contributed by atoms with Gasteiger partial charge in [0.15, 0.2) is 0 Å². The predicted molar refractivity (Wildman–Crippen MR) is 148 cm³/mol. The molecule has 0 unspecified atom stereocenters. The number of hydrogen-bond donors (Lipinski definition) is 1. The first-order valence-electron chi connectivity index (χ1n) is 11.5. The van der Waals surface area contributed by atoms with Crippen LogP contribution in [0.15, 0.2) is 59.4 Å². The zero-order valence-electron chi connectivity index (χ0n) is 21.0. The first-order chi connectivity index (χ1) is 19.1. The molecule has 0 fully saturated rings. The van der Waals surface area contributed by atoms with Crippen molar-refractivity contribution in [1.29, 1.82) is 0 Å². The smallest absolute Gasteiger partial charge is 0.376 e. The van der Waals surface area contributed by atoms with Crippen LogP contribution in [0.4, 0.5) is 5.82 Å². The van der Waals surface area contributed by atoms with Gasteiger partial charge in [0, 0.05) is 10.9 Å². The lowest BCUT2D eigenvalue weighted by Crippen LogP contribution is -2.33. The summed E-state index contributed by atoms with van der Waals surface area (Å²) < 4.78 is 11.6. The molecule has 1 aromatic carbocycles. The summed E-state index contributed by atoms with van der Waals surface area (Å²) in [5.74, 6) is -3.50. The van der Waals surface area contributed by atoms with E-state index in [0.29, 0.717) is 4.34 Å². The van der Waals surface area contributed by atoms with Crippen LogP contribution in [0.25, 0.3) is 11.3 Å². The molecule has 206 valence electrons. The van der Waals surface area contributed by atoms with Gasteiger partial charge in [-0.1, -0.05) is 35.3 Å². The lowest BCUT2D eigenvalue weighted by molar-refractivity contribution is -0.151. The minimum atomic E-state index is -1.19. The van der Waals surface area contributed by atoms with E-state index in [4.69, 9.17) is 27.9 Å². The van der Waals surface area contributed by atoms with Gasteiger partial charge in [0.25, 0.3) is 17.2 Å². The molecule has 0 saturated heterocycles. The largest absolute Gasteiger partial charge is 0.464 e. The van der Waals surface area contributed by atoms with Crippen LogP contribution < -0.4 is 10.9 Å². The van der Waals surface area contributed by atoms with Gasteiger partial charge in [-0.3, -0.25) is 19.0 Å². The number of carbonyl (C=O) groups is 4. The average molecular weight is 603 g/mol. The summed E-state index contributed by atoms with van der Waals surface area (Å²) in [6, 6.07) is 14.0. The van der Waals surface area contributed by atoms with E-state index in [2.05, 4.69) is 15.2 Å². The summed E-state index contributed by atoms with van der Waals surface area (Å²) in [6.45, 7) is -0.495. The predicted octanol–water partition coefficient (Wildman–Crippen LogP) is 3.91. The summed E-state index contributed by atoms with van der Waals surface area (Å²) in [5.41, 5.74) is -0.936. The van der Waals surface area contributed by atoms with Gasteiger partial charge < -0.3 is 14.8 Å². The molecule has 0 aliphatic carbocycles. The Hall–Kier alpha value is -4.26.